The second-order valence-electron chi connectivity index (χ2n) is 10.2. The van der Waals surface area contributed by atoms with Crippen molar-refractivity contribution in [3.05, 3.63) is 101 Å². The third-order valence-electron chi connectivity index (χ3n) is 7.41. The van der Waals surface area contributed by atoms with Crippen LogP contribution in [0.3, 0.4) is 0 Å². The number of hydrogen-bond donors (Lipinski definition) is 1. The van der Waals surface area contributed by atoms with Crippen molar-refractivity contribution in [2.45, 2.75) is 61.8 Å². The zero-order chi connectivity index (χ0) is 27.8. The number of sulfonamides is 1. The molecule has 206 valence electrons. The van der Waals surface area contributed by atoms with Crippen LogP contribution < -0.4 is 5.32 Å². The molecule has 0 radical (unpaired) electrons. The number of alkyl halides is 3. The van der Waals surface area contributed by atoms with E-state index in [2.05, 4.69) is 5.32 Å². The summed E-state index contributed by atoms with van der Waals surface area (Å²) in [5, 5.41) is 2.87. The average Bonchev–Trinajstić information content (AvgIpc) is 3.55. The maximum Gasteiger partial charge on any atom is 0.416 e. The van der Waals surface area contributed by atoms with E-state index in [-0.39, 0.29) is 29.3 Å². The molecule has 39 heavy (non-hydrogen) atoms. The molecule has 1 amide bonds. The molecule has 1 saturated carbocycles. The van der Waals surface area contributed by atoms with E-state index in [0.717, 1.165) is 60.2 Å². The molecule has 0 spiro atoms. The van der Waals surface area contributed by atoms with Crippen molar-refractivity contribution >= 4 is 15.9 Å². The van der Waals surface area contributed by atoms with E-state index >= 15 is 0 Å². The van der Waals surface area contributed by atoms with E-state index in [1.54, 1.807) is 0 Å². The first kappa shape index (κ1) is 27.3. The first-order chi connectivity index (χ1) is 18.5. The maximum atomic E-state index is 13.3. The largest absolute Gasteiger partial charge is 0.416 e. The molecule has 1 saturated heterocycles. The second kappa shape index (κ2) is 10.7. The lowest BCUT2D eigenvalue weighted by Crippen LogP contribution is -2.47. The van der Waals surface area contributed by atoms with E-state index < -0.39 is 33.6 Å². The van der Waals surface area contributed by atoms with Crippen LogP contribution in [0.4, 0.5) is 17.6 Å². The highest BCUT2D eigenvalue weighted by molar-refractivity contribution is 7.89. The van der Waals surface area contributed by atoms with Gasteiger partial charge in [0.05, 0.1) is 10.5 Å². The number of nitrogens with zero attached hydrogens (tertiary/aromatic N) is 1. The quantitative estimate of drug-likeness (QED) is 0.352. The van der Waals surface area contributed by atoms with Crippen LogP contribution in [-0.4, -0.2) is 30.7 Å². The zero-order valence-corrected chi connectivity index (χ0v) is 21.8. The Balaban J connectivity index is 1.16. The minimum absolute atomic E-state index is 0.0294. The number of carbonyl (C=O) groups is 1. The smallest absolute Gasteiger partial charge is 0.351 e. The van der Waals surface area contributed by atoms with Crippen molar-refractivity contribution in [3.63, 3.8) is 0 Å². The fourth-order valence-corrected chi connectivity index (χ4v) is 7.13. The van der Waals surface area contributed by atoms with Crippen molar-refractivity contribution < 1.29 is 30.8 Å². The van der Waals surface area contributed by atoms with Gasteiger partial charge in [-0.15, -0.1) is 0 Å². The summed E-state index contributed by atoms with van der Waals surface area (Å²) in [7, 11) is -3.94. The van der Waals surface area contributed by atoms with Crippen molar-refractivity contribution in [1.29, 1.82) is 0 Å². The number of amides is 1. The predicted molar refractivity (Wildman–Crippen MR) is 137 cm³/mol. The highest BCUT2D eigenvalue weighted by Crippen LogP contribution is 2.50. The van der Waals surface area contributed by atoms with Crippen molar-refractivity contribution in [1.82, 2.24) is 9.62 Å². The Kier molecular flexibility index (Phi) is 7.52. The summed E-state index contributed by atoms with van der Waals surface area (Å²) in [5.74, 6) is -0.736. The molecule has 3 aromatic rings. The Bertz CT molecular complexity index is 1440. The van der Waals surface area contributed by atoms with Gasteiger partial charge in [-0.1, -0.05) is 36.4 Å². The van der Waals surface area contributed by atoms with Crippen LogP contribution in [-0.2, 0) is 40.4 Å². The summed E-state index contributed by atoms with van der Waals surface area (Å²) < 4.78 is 79.3. The number of nitrogens with one attached hydrogen (secondary N) is 1. The molecule has 2 aliphatic rings. The first-order valence-electron chi connectivity index (χ1n) is 12.8. The molecular weight excluding hydrogens is 532 g/mol. The van der Waals surface area contributed by atoms with Gasteiger partial charge in [-0.2, -0.15) is 17.5 Å². The van der Waals surface area contributed by atoms with E-state index in [0.29, 0.717) is 12.8 Å². The van der Waals surface area contributed by atoms with Gasteiger partial charge in [0.2, 0.25) is 15.9 Å². The molecule has 1 N–H and O–H groups in total. The molecule has 2 fully saturated rings. The number of carbonyl (C=O) groups excluding carboxylic acids is 1. The number of fused-ring (bicyclic) bond motifs is 1. The van der Waals surface area contributed by atoms with Gasteiger partial charge in [0.25, 0.3) is 0 Å². The van der Waals surface area contributed by atoms with Crippen LogP contribution in [0.15, 0.2) is 77.7 Å². The van der Waals surface area contributed by atoms with Gasteiger partial charge in [0.15, 0.2) is 0 Å². The Hall–Kier alpha value is -3.24. The van der Waals surface area contributed by atoms with E-state index in [1.807, 2.05) is 24.3 Å². The van der Waals surface area contributed by atoms with Crippen molar-refractivity contribution in [2.24, 2.45) is 5.92 Å². The number of rotatable bonds is 9. The molecule has 0 unspecified atom stereocenters. The summed E-state index contributed by atoms with van der Waals surface area (Å²) in [4.78, 5) is 13.1. The van der Waals surface area contributed by atoms with Crippen LogP contribution in [0.25, 0.3) is 0 Å². The van der Waals surface area contributed by atoms with Gasteiger partial charge in [0.1, 0.15) is 11.9 Å². The SMILES string of the molecule is O=C(NCc1cccc(CCCc2ccc(C(F)(F)F)cc2)c1)[C@@H]1C[C@H]2C[C@H]2N1S(=O)(=O)c1ccc(F)cc1. The Morgan fingerprint density at radius 2 is 1.56 bits per heavy atom. The second-order valence-corrected chi connectivity index (χ2v) is 12.0. The lowest BCUT2D eigenvalue weighted by Gasteiger charge is -2.26. The molecule has 3 atom stereocenters. The molecule has 0 bridgehead atoms. The zero-order valence-electron chi connectivity index (χ0n) is 21.0. The normalized spacial score (nSPS) is 21.0. The fraction of sp³-hybridized carbons (Fsp3) is 0.345. The molecule has 1 aliphatic heterocycles. The third-order valence-corrected chi connectivity index (χ3v) is 9.36. The number of halogens is 4. The summed E-state index contributed by atoms with van der Waals surface area (Å²) in [5.41, 5.74) is 2.08. The number of benzene rings is 3. The minimum Gasteiger partial charge on any atom is -0.351 e. The van der Waals surface area contributed by atoms with E-state index in [1.165, 1.54) is 28.6 Å². The Labute approximate surface area is 224 Å². The maximum absolute atomic E-state index is 13.3. The lowest BCUT2D eigenvalue weighted by molar-refractivity contribution is -0.137. The molecule has 1 aliphatic carbocycles. The number of piperidine rings is 1. The first-order valence-corrected chi connectivity index (χ1v) is 14.3. The molecule has 3 aromatic carbocycles. The molecule has 5 nitrogen and oxygen atoms in total. The number of aryl methyl sites for hydroxylation is 2. The van der Waals surface area contributed by atoms with Gasteiger partial charge in [-0.3, -0.25) is 4.79 Å². The summed E-state index contributed by atoms with van der Waals surface area (Å²) >= 11 is 0. The summed E-state index contributed by atoms with van der Waals surface area (Å²) in [6, 6.07) is 16.5. The molecule has 1 heterocycles. The van der Waals surface area contributed by atoms with E-state index in [9.17, 15) is 30.8 Å². The van der Waals surface area contributed by atoms with Crippen LogP contribution in [0.1, 0.15) is 41.5 Å². The Morgan fingerprint density at radius 3 is 2.26 bits per heavy atom. The van der Waals surface area contributed by atoms with E-state index in [4.69, 9.17) is 0 Å². The van der Waals surface area contributed by atoms with Crippen molar-refractivity contribution in [2.75, 3.05) is 0 Å². The van der Waals surface area contributed by atoms with Crippen LogP contribution in [0.5, 0.6) is 0 Å². The third kappa shape index (κ3) is 6.17. The van der Waals surface area contributed by atoms with Gasteiger partial charge in [0, 0.05) is 12.6 Å². The standard InChI is InChI=1S/C29H28F4N2O3S/c30-24-11-13-25(14-12-24)39(37,38)35-26-16-22(26)17-27(35)28(36)34-18-21-6-2-5-20(15-21)4-1-3-19-7-9-23(10-8-19)29(31,32)33/h2,5-15,22,26-27H,1,3-4,16-18H2,(H,34,36)/t22-,26-,27+/m1/s1. The predicted octanol–water partition coefficient (Wildman–Crippen LogP) is 5.49. The molecule has 5 rings (SSSR count). The summed E-state index contributed by atoms with van der Waals surface area (Å²) in [6.07, 6.45) is -1.05. The monoisotopic (exact) mass is 560 g/mol. The van der Waals surface area contributed by atoms with Crippen LogP contribution in [0.2, 0.25) is 0 Å². The van der Waals surface area contributed by atoms with Gasteiger partial charge >= 0.3 is 6.18 Å². The van der Waals surface area contributed by atoms with Crippen LogP contribution in [0, 0.1) is 11.7 Å². The molecular formula is C29H28F4N2O3S. The molecule has 0 aromatic heterocycles. The van der Waals surface area contributed by atoms with Gasteiger partial charge in [-0.25, -0.2) is 12.8 Å². The van der Waals surface area contributed by atoms with Gasteiger partial charge in [-0.05, 0) is 91.1 Å². The topological polar surface area (TPSA) is 66.5 Å². The van der Waals surface area contributed by atoms with Gasteiger partial charge < -0.3 is 5.32 Å². The highest BCUT2D eigenvalue weighted by Gasteiger charge is 2.58. The summed E-state index contributed by atoms with van der Waals surface area (Å²) in [6.45, 7) is 0.238. The molecule has 10 heteroatoms. The van der Waals surface area contributed by atoms with Crippen molar-refractivity contribution in [3.8, 4) is 0 Å². The Morgan fingerprint density at radius 1 is 0.897 bits per heavy atom. The van der Waals surface area contributed by atoms with Crippen LogP contribution >= 0.6 is 0 Å². The minimum atomic E-state index is -4.35. The number of hydrogen-bond acceptors (Lipinski definition) is 3. The fourth-order valence-electron chi connectivity index (χ4n) is 5.27. The highest BCUT2D eigenvalue weighted by atomic mass is 32.2. The lowest BCUT2D eigenvalue weighted by atomic mass is 10.0. The average molecular weight is 561 g/mol.